The minimum Gasteiger partial charge on any atom is -0.464 e. The van der Waals surface area contributed by atoms with E-state index in [0.717, 1.165) is 12.2 Å². The normalized spacial score (nSPS) is 17.4. The number of fused-ring (bicyclic) bond motifs is 1. The van der Waals surface area contributed by atoms with Crippen molar-refractivity contribution < 1.29 is 4.42 Å². The van der Waals surface area contributed by atoms with Gasteiger partial charge in [-0.3, -0.25) is 0 Å². The molecule has 0 fully saturated rings. The van der Waals surface area contributed by atoms with Crippen LogP contribution in [-0.4, -0.2) is 0 Å². The summed E-state index contributed by atoms with van der Waals surface area (Å²) in [5.74, 6) is 1.59. The zero-order valence-electron chi connectivity index (χ0n) is 11.6. The molecule has 0 saturated carbocycles. The molecule has 98 valence electrons. The molecule has 1 aliphatic carbocycles. The van der Waals surface area contributed by atoms with Gasteiger partial charge in [0.1, 0.15) is 5.76 Å². The number of rotatable bonds is 4. The van der Waals surface area contributed by atoms with Crippen LogP contribution in [0.2, 0.25) is 0 Å². The Morgan fingerprint density at radius 2 is 1.95 bits per heavy atom. The molecule has 1 heterocycles. The summed E-state index contributed by atoms with van der Waals surface area (Å²) in [6, 6.07) is 10.8. The quantitative estimate of drug-likeness (QED) is 0.721. The van der Waals surface area contributed by atoms with Crippen molar-refractivity contribution in [1.82, 2.24) is 0 Å². The Morgan fingerprint density at radius 1 is 1.11 bits per heavy atom. The summed E-state index contributed by atoms with van der Waals surface area (Å²) in [7, 11) is 0. The van der Waals surface area contributed by atoms with Crippen LogP contribution in [0.15, 0.2) is 41.0 Å². The van der Waals surface area contributed by atoms with Crippen LogP contribution in [0.3, 0.4) is 0 Å². The molecule has 2 aromatic rings. The van der Waals surface area contributed by atoms with Gasteiger partial charge in [-0.1, -0.05) is 44.5 Å². The molecule has 1 atom stereocenters. The van der Waals surface area contributed by atoms with E-state index in [1.54, 1.807) is 0 Å². The number of hydrogen-bond donors (Lipinski definition) is 0. The van der Waals surface area contributed by atoms with Crippen molar-refractivity contribution in [3.8, 4) is 0 Å². The number of furan rings is 1. The highest BCUT2D eigenvalue weighted by molar-refractivity contribution is 5.90. The number of aryl methyl sites for hydroxylation is 1. The third-order valence-corrected chi connectivity index (χ3v) is 4.03. The lowest BCUT2D eigenvalue weighted by atomic mass is 9.89. The fraction of sp³-hybridized carbons (Fsp3) is 0.333. The van der Waals surface area contributed by atoms with E-state index in [9.17, 15) is 0 Å². The maximum absolute atomic E-state index is 5.78. The average molecular weight is 252 g/mol. The van der Waals surface area contributed by atoms with Crippen molar-refractivity contribution >= 4 is 11.6 Å². The topological polar surface area (TPSA) is 13.1 Å². The van der Waals surface area contributed by atoms with E-state index in [2.05, 4.69) is 50.3 Å². The lowest BCUT2D eigenvalue weighted by Crippen LogP contribution is -1.99. The molecule has 0 saturated heterocycles. The summed E-state index contributed by atoms with van der Waals surface area (Å²) in [5, 5.41) is 0. The van der Waals surface area contributed by atoms with E-state index < -0.39 is 0 Å². The first-order valence-electron chi connectivity index (χ1n) is 7.22. The van der Waals surface area contributed by atoms with Gasteiger partial charge >= 0.3 is 0 Å². The van der Waals surface area contributed by atoms with Crippen LogP contribution in [0.25, 0.3) is 11.6 Å². The summed E-state index contributed by atoms with van der Waals surface area (Å²) < 4.78 is 5.78. The predicted molar refractivity (Wildman–Crippen MR) is 80.0 cm³/mol. The van der Waals surface area contributed by atoms with Crippen LogP contribution in [0.4, 0.5) is 0 Å². The van der Waals surface area contributed by atoms with E-state index in [0.29, 0.717) is 5.92 Å². The minimum atomic E-state index is 0.498. The molecule has 1 unspecified atom stereocenters. The smallest absolute Gasteiger partial charge is 0.133 e. The molecular formula is C18H20O. The highest BCUT2D eigenvalue weighted by Crippen LogP contribution is 2.45. The molecule has 1 aromatic carbocycles. The van der Waals surface area contributed by atoms with Crippen LogP contribution in [0.1, 0.15) is 55.1 Å². The highest BCUT2D eigenvalue weighted by Gasteiger charge is 2.28. The second-order valence-corrected chi connectivity index (χ2v) is 5.20. The highest BCUT2D eigenvalue weighted by atomic mass is 16.3. The maximum Gasteiger partial charge on any atom is 0.133 e. The molecule has 1 heteroatoms. The minimum absolute atomic E-state index is 0.498. The number of benzene rings is 1. The van der Waals surface area contributed by atoms with Gasteiger partial charge in [0.25, 0.3) is 0 Å². The van der Waals surface area contributed by atoms with Crippen LogP contribution < -0.4 is 0 Å². The van der Waals surface area contributed by atoms with Gasteiger partial charge in [-0.05, 0) is 41.7 Å². The molecule has 19 heavy (non-hydrogen) atoms. The Balaban J connectivity index is 2.07. The molecule has 1 nitrogen and oxygen atoms in total. The van der Waals surface area contributed by atoms with Crippen LogP contribution in [0, 0.1) is 0 Å². The number of allylic oxidation sites excluding steroid dienone is 1. The molecule has 0 spiro atoms. The van der Waals surface area contributed by atoms with Crippen molar-refractivity contribution in [2.75, 3.05) is 0 Å². The van der Waals surface area contributed by atoms with E-state index in [1.807, 2.05) is 6.26 Å². The van der Waals surface area contributed by atoms with Gasteiger partial charge in [0.15, 0.2) is 0 Å². The molecule has 0 N–H and O–H groups in total. The first-order valence-corrected chi connectivity index (χ1v) is 7.22. The molecule has 1 aliphatic rings. The summed E-state index contributed by atoms with van der Waals surface area (Å²) in [4.78, 5) is 0. The summed E-state index contributed by atoms with van der Waals surface area (Å²) in [5.41, 5.74) is 5.50. The van der Waals surface area contributed by atoms with Gasteiger partial charge in [-0.2, -0.15) is 0 Å². The van der Waals surface area contributed by atoms with E-state index in [-0.39, 0.29) is 0 Å². The Labute approximate surface area is 115 Å². The van der Waals surface area contributed by atoms with E-state index in [1.165, 1.54) is 35.1 Å². The molecule has 0 bridgehead atoms. The first-order chi connectivity index (χ1) is 9.35. The zero-order valence-corrected chi connectivity index (χ0v) is 11.6. The molecule has 1 aromatic heterocycles. The van der Waals surface area contributed by atoms with Crippen LogP contribution in [-0.2, 0) is 6.42 Å². The summed E-state index contributed by atoms with van der Waals surface area (Å²) in [6.07, 6.45) is 7.54. The monoisotopic (exact) mass is 252 g/mol. The maximum atomic E-state index is 5.78. The van der Waals surface area contributed by atoms with Gasteiger partial charge in [0.05, 0.1) is 6.26 Å². The van der Waals surface area contributed by atoms with E-state index >= 15 is 0 Å². The third-order valence-electron chi connectivity index (χ3n) is 4.03. The molecular weight excluding hydrogens is 232 g/mol. The lowest BCUT2D eigenvalue weighted by Gasteiger charge is -2.15. The van der Waals surface area contributed by atoms with Gasteiger partial charge < -0.3 is 4.42 Å². The Hall–Kier alpha value is -1.76. The third kappa shape index (κ3) is 2.03. The Morgan fingerprint density at radius 3 is 2.74 bits per heavy atom. The lowest BCUT2D eigenvalue weighted by molar-refractivity contribution is 0.542. The first kappa shape index (κ1) is 12.3. The van der Waals surface area contributed by atoms with Crippen molar-refractivity contribution in [1.29, 1.82) is 0 Å². The molecule has 0 amide bonds. The van der Waals surface area contributed by atoms with Gasteiger partial charge in [-0.15, -0.1) is 0 Å². The zero-order chi connectivity index (χ0) is 13.2. The fourth-order valence-corrected chi connectivity index (χ4v) is 3.09. The summed E-state index contributed by atoms with van der Waals surface area (Å²) >= 11 is 0. The second-order valence-electron chi connectivity index (χ2n) is 5.20. The van der Waals surface area contributed by atoms with Crippen LogP contribution in [0.5, 0.6) is 0 Å². The number of hydrogen-bond acceptors (Lipinski definition) is 1. The fourth-order valence-electron chi connectivity index (χ4n) is 3.09. The SMILES string of the molecule is CCCC1C(c2occc2CC)=Cc2ccccc21. The largest absolute Gasteiger partial charge is 0.464 e. The summed E-state index contributed by atoms with van der Waals surface area (Å²) in [6.45, 7) is 4.44. The average Bonchev–Trinajstić information content (AvgIpc) is 3.03. The van der Waals surface area contributed by atoms with Crippen molar-refractivity contribution in [2.24, 2.45) is 0 Å². The molecule has 0 aliphatic heterocycles. The van der Waals surface area contributed by atoms with Crippen LogP contribution >= 0.6 is 0 Å². The van der Waals surface area contributed by atoms with Gasteiger partial charge in [-0.25, -0.2) is 0 Å². The van der Waals surface area contributed by atoms with E-state index in [4.69, 9.17) is 4.42 Å². The van der Waals surface area contributed by atoms with Crippen molar-refractivity contribution in [2.45, 2.75) is 39.0 Å². The molecule has 3 rings (SSSR count). The van der Waals surface area contributed by atoms with Gasteiger partial charge in [0, 0.05) is 11.5 Å². The standard InChI is InChI=1S/C18H20O/c1-3-7-16-15-9-6-5-8-14(15)12-17(16)18-13(4-2)10-11-19-18/h5-6,8-12,16H,3-4,7H2,1-2H3. The Bertz CT molecular complexity index is 604. The second kappa shape index (κ2) is 5.08. The van der Waals surface area contributed by atoms with Crippen molar-refractivity contribution in [3.05, 3.63) is 59.0 Å². The molecule has 0 radical (unpaired) electrons. The van der Waals surface area contributed by atoms with Gasteiger partial charge in [0.2, 0.25) is 0 Å². The predicted octanol–water partition coefficient (Wildman–Crippen LogP) is 5.28. The van der Waals surface area contributed by atoms with Crippen molar-refractivity contribution in [3.63, 3.8) is 0 Å². The Kier molecular flexibility index (Phi) is 3.29.